The standard InChI is InChI=1S/C25H25.C12H19.C3H6.2ClH.Zr/c1-14-12-24(3,4)22-8-16-7-17-9-23-19(15(2)13-25(23,5)6)11-21(17)20(16)10-18(14)22;1-5-6-10-7-8-11(9-10)12(2,3)4;1-3-2;;;/h7-13H,1-6H3;8-10H,5-6H2,1-4H3;1-2H3;2*1H;/q2*-1;;;;+2/p-2. The minimum atomic E-state index is 0. The second kappa shape index (κ2) is 13.9. The minimum Gasteiger partial charge on any atom is -1.00 e. The van der Waals surface area contributed by atoms with Gasteiger partial charge in [-0.15, -0.1) is 39.7 Å². The van der Waals surface area contributed by atoms with Crippen LogP contribution in [0.15, 0.2) is 60.2 Å². The number of rotatable bonds is 2. The molecule has 0 fully saturated rings. The molecule has 3 aromatic carbocycles. The molecule has 0 bridgehead atoms. The van der Waals surface area contributed by atoms with Crippen molar-refractivity contribution in [1.82, 2.24) is 0 Å². The summed E-state index contributed by atoms with van der Waals surface area (Å²) in [6, 6.07) is 12.1. The Labute approximate surface area is 289 Å². The van der Waals surface area contributed by atoms with Crippen molar-refractivity contribution in [2.45, 2.75) is 107 Å². The molecule has 0 N–H and O–H groups in total. The quantitative estimate of drug-likeness (QED) is 0.307. The van der Waals surface area contributed by atoms with E-state index in [-0.39, 0.29) is 35.6 Å². The Morgan fingerprint density at radius 1 is 0.837 bits per heavy atom. The summed E-state index contributed by atoms with van der Waals surface area (Å²) in [6.07, 6.45) is 15.2. The van der Waals surface area contributed by atoms with Gasteiger partial charge in [0.1, 0.15) is 0 Å². The van der Waals surface area contributed by atoms with Crippen molar-refractivity contribution >= 4 is 35.9 Å². The van der Waals surface area contributed by atoms with E-state index in [0.29, 0.717) is 11.3 Å². The van der Waals surface area contributed by atoms with Crippen molar-refractivity contribution in [2.24, 2.45) is 11.3 Å². The van der Waals surface area contributed by atoms with Crippen LogP contribution in [0.25, 0.3) is 32.7 Å². The number of hydrogen-bond donors (Lipinski definition) is 0. The van der Waals surface area contributed by atoms with Gasteiger partial charge in [-0.1, -0.05) is 115 Å². The van der Waals surface area contributed by atoms with Gasteiger partial charge in [-0.3, -0.25) is 6.08 Å². The molecular weight excluding hydrogens is 643 g/mol. The van der Waals surface area contributed by atoms with Gasteiger partial charge in [0.05, 0.1) is 0 Å². The first-order valence-corrected chi connectivity index (χ1v) is 16.6. The summed E-state index contributed by atoms with van der Waals surface area (Å²) >= 11 is 1.55. The summed E-state index contributed by atoms with van der Waals surface area (Å²) < 4.78 is 1.51. The van der Waals surface area contributed by atoms with Crippen LogP contribution in [0.3, 0.4) is 0 Å². The van der Waals surface area contributed by atoms with Crippen molar-refractivity contribution in [3.63, 3.8) is 0 Å². The normalized spacial score (nSPS) is 18.7. The molecule has 1 unspecified atom stereocenters. The third-order valence-electron chi connectivity index (χ3n) is 8.67. The van der Waals surface area contributed by atoms with Gasteiger partial charge >= 0.3 is 41.3 Å². The van der Waals surface area contributed by atoms with Crippen molar-refractivity contribution in [2.75, 3.05) is 0 Å². The predicted octanol–water partition coefficient (Wildman–Crippen LogP) is 5.60. The molecule has 0 heterocycles. The van der Waals surface area contributed by atoms with E-state index in [1.165, 1.54) is 76.6 Å². The summed E-state index contributed by atoms with van der Waals surface area (Å²) in [6.45, 7) is 27.0. The maximum absolute atomic E-state index is 3.40. The van der Waals surface area contributed by atoms with E-state index in [1.54, 1.807) is 24.2 Å². The molecule has 3 aliphatic rings. The molecule has 3 aliphatic carbocycles. The number of allylic oxidation sites excluding steroid dienone is 8. The number of benzene rings is 2. The van der Waals surface area contributed by atoms with Gasteiger partial charge in [-0.25, -0.2) is 6.08 Å². The zero-order chi connectivity index (χ0) is 30.5. The molecule has 230 valence electrons. The van der Waals surface area contributed by atoms with Crippen LogP contribution in [0.1, 0.15) is 118 Å². The molecule has 0 saturated heterocycles. The minimum absolute atomic E-state index is 0. The Morgan fingerprint density at radius 3 is 1.60 bits per heavy atom. The van der Waals surface area contributed by atoms with Gasteiger partial charge in [0.25, 0.3) is 0 Å². The summed E-state index contributed by atoms with van der Waals surface area (Å²) in [5.41, 5.74) is 10.6. The maximum atomic E-state index is 3.40. The Hall–Kier alpha value is -1.40. The molecular formula is C40H50Cl2Zr-2. The van der Waals surface area contributed by atoms with E-state index in [9.17, 15) is 0 Å². The fourth-order valence-corrected chi connectivity index (χ4v) is 6.67. The molecule has 3 aromatic rings. The molecule has 6 rings (SSSR count). The van der Waals surface area contributed by atoms with Crippen LogP contribution in [-0.4, -0.2) is 3.21 Å². The van der Waals surface area contributed by atoms with Crippen LogP contribution < -0.4 is 24.8 Å². The molecule has 0 radical (unpaired) electrons. The summed E-state index contributed by atoms with van der Waals surface area (Å²) in [5.74, 6) is 0.587. The average Bonchev–Trinajstić information content (AvgIpc) is 3.55. The SMILES string of the molecule is CC1=CC(C)(C)c2cc3[cH-]c4cc5c(cc4c3cc21)C(C)=CC5(C)C.CCCC1[C-]=CC(C(C)(C)C)=C1.C[C](C)=[Zr+2].[Cl-].[Cl-]. The van der Waals surface area contributed by atoms with E-state index in [2.05, 4.69) is 144 Å². The van der Waals surface area contributed by atoms with Gasteiger partial charge in [-0.05, 0) is 36.1 Å². The molecule has 1 atom stereocenters. The monoisotopic (exact) mass is 690 g/mol. The first kappa shape index (κ1) is 37.8. The zero-order valence-electron chi connectivity index (χ0n) is 28.4. The number of fused-ring (bicyclic) bond motifs is 5. The Morgan fingerprint density at radius 2 is 1.26 bits per heavy atom. The molecule has 0 aliphatic heterocycles. The second-order valence-corrected chi connectivity index (χ2v) is 17.2. The maximum Gasteiger partial charge on any atom is -1.00 e. The average molecular weight is 693 g/mol. The largest absolute Gasteiger partial charge is 1.00 e. The van der Waals surface area contributed by atoms with Crippen LogP contribution in [0.4, 0.5) is 0 Å². The number of hydrogen-bond acceptors (Lipinski definition) is 0. The van der Waals surface area contributed by atoms with Gasteiger partial charge in [0, 0.05) is 10.8 Å². The Kier molecular flexibility index (Phi) is 12.2. The first-order chi connectivity index (χ1) is 18.9. The van der Waals surface area contributed by atoms with Crippen molar-refractivity contribution in [3.8, 4) is 0 Å². The van der Waals surface area contributed by atoms with Crippen LogP contribution in [0, 0.1) is 17.4 Å². The summed E-state index contributed by atoms with van der Waals surface area (Å²) in [7, 11) is 0. The summed E-state index contributed by atoms with van der Waals surface area (Å²) in [4.78, 5) is 0. The van der Waals surface area contributed by atoms with E-state index in [1.807, 2.05) is 0 Å². The third kappa shape index (κ3) is 8.07. The first-order valence-electron chi connectivity index (χ1n) is 15.4. The molecule has 0 aromatic heterocycles. The second-order valence-electron chi connectivity index (χ2n) is 14.8. The number of halogens is 2. The van der Waals surface area contributed by atoms with Crippen LogP contribution in [-0.2, 0) is 35.1 Å². The van der Waals surface area contributed by atoms with Gasteiger partial charge < -0.3 is 24.8 Å². The van der Waals surface area contributed by atoms with Crippen molar-refractivity contribution < 1.29 is 49.0 Å². The third-order valence-corrected chi connectivity index (χ3v) is 8.67. The molecule has 3 heteroatoms. The fraction of sp³-hybridized carbons (Fsp3) is 0.450. The van der Waals surface area contributed by atoms with E-state index in [0.717, 1.165) is 0 Å². The zero-order valence-corrected chi connectivity index (χ0v) is 32.4. The van der Waals surface area contributed by atoms with E-state index >= 15 is 0 Å². The molecule has 0 spiro atoms. The van der Waals surface area contributed by atoms with Crippen LogP contribution in [0.2, 0.25) is 0 Å². The smallest absolute Gasteiger partial charge is 1.00 e. The topological polar surface area (TPSA) is 0 Å². The van der Waals surface area contributed by atoms with Crippen molar-refractivity contribution in [1.29, 1.82) is 0 Å². The predicted molar refractivity (Wildman–Crippen MR) is 181 cm³/mol. The Bertz CT molecular complexity index is 1530. The molecule has 0 saturated carbocycles. The molecule has 0 nitrogen and oxygen atoms in total. The summed E-state index contributed by atoms with van der Waals surface area (Å²) in [5, 5.41) is 5.57. The van der Waals surface area contributed by atoms with Crippen molar-refractivity contribution in [3.05, 3.63) is 88.5 Å². The van der Waals surface area contributed by atoms with E-state index in [4.69, 9.17) is 0 Å². The Balaban J connectivity index is 0.000000304. The van der Waals surface area contributed by atoms with Crippen LogP contribution in [0.5, 0.6) is 0 Å². The van der Waals surface area contributed by atoms with Gasteiger partial charge in [0.2, 0.25) is 0 Å². The van der Waals surface area contributed by atoms with E-state index < -0.39 is 0 Å². The molecule has 0 amide bonds. The van der Waals surface area contributed by atoms with Crippen LogP contribution >= 0.6 is 0 Å². The fourth-order valence-electron chi connectivity index (χ4n) is 6.67. The van der Waals surface area contributed by atoms with Gasteiger partial charge in [-0.2, -0.15) is 11.6 Å². The van der Waals surface area contributed by atoms with Gasteiger partial charge in [0.15, 0.2) is 0 Å². The molecule has 43 heavy (non-hydrogen) atoms.